The van der Waals surface area contributed by atoms with Crippen molar-refractivity contribution in [3.63, 3.8) is 0 Å². The van der Waals surface area contributed by atoms with Gasteiger partial charge in [0.2, 0.25) is 0 Å². The molecular formula is C15H23N3O2. The van der Waals surface area contributed by atoms with Gasteiger partial charge in [-0.3, -0.25) is 4.79 Å². The molecule has 0 bridgehead atoms. The summed E-state index contributed by atoms with van der Waals surface area (Å²) >= 11 is 0. The Morgan fingerprint density at radius 2 is 2.00 bits per heavy atom. The molecule has 1 unspecified atom stereocenters. The number of amides is 3. The number of rotatable bonds is 5. The van der Waals surface area contributed by atoms with E-state index >= 15 is 0 Å². The molecule has 0 heterocycles. The zero-order chi connectivity index (χ0) is 15.1. The number of benzene rings is 1. The van der Waals surface area contributed by atoms with Crippen LogP contribution in [-0.2, 0) is 0 Å². The maximum Gasteiger partial charge on any atom is 0.319 e. The Bertz CT molecular complexity index is 486. The van der Waals surface area contributed by atoms with Crippen molar-refractivity contribution in [2.45, 2.75) is 39.7 Å². The van der Waals surface area contributed by atoms with Gasteiger partial charge in [-0.05, 0) is 38.0 Å². The van der Waals surface area contributed by atoms with Crippen molar-refractivity contribution < 1.29 is 9.59 Å². The third-order valence-corrected chi connectivity index (χ3v) is 3.07. The van der Waals surface area contributed by atoms with E-state index in [1.54, 1.807) is 19.2 Å². The van der Waals surface area contributed by atoms with Crippen LogP contribution in [0.3, 0.4) is 0 Å². The Kier molecular flexibility index (Phi) is 6.03. The van der Waals surface area contributed by atoms with Crippen molar-refractivity contribution in [1.29, 1.82) is 0 Å². The Balaban J connectivity index is 2.76. The molecule has 110 valence electrons. The van der Waals surface area contributed by atoms with Crippen LogP contribution >= 0.6 is 0 Å². The largest absolute Gasteiger partial charge is 0.355 e. The van der Waals surface area contributed by atoms with Crippen LogP contribution in [0.5, 0.6) is 0 Å². The Hall–Kier alpha value is -2.04. The summed E-state index contributed by atoms with van der Waals surface area (Å²) in [5.74, 6) is -0.173. The van der Waals surface area contributed by atoms with Gasteiger partial charge >= 0.3 is 6.03 Å². The van der Waals surface area contributed by atoms with Crippen LogP contribution in [-0.4, -0.2) is 25.0 Å². The van der Waals surface area contributed by atoms with Crippen molar-refractivity contribution in [1.82, 2.24) is 10.6 Å². The summed E-state index contributed by atoms with van der Waals surface area (Å²) in [6.07, 6.45) is 1.96. The summed E-state index contributed by atoms with van der Waals surface area (Å²) in [6.45, 7) is 5.93. The van der Waals surface area contributed by atoms with Crippen molar-refractivity contribution in [3.8, 4) is 0 Å². The molecule has 1 aromatic rings. The quantitative estimate of drug-likeness (QED) is 0.774. The molecule has 1 rings (SSSR count). The van der Waals surface area contributed by atoms with Gasteiger partial charge in [0.1, 0.15) is 0 Å². The fourth-order valence-electron chi connectivity index (χ4n) is 1.93. The molecule has 0 aromatic heterocycles. The number of hydrogen-bond donors (Lipinski definition) is 3. The van der Waals surface area contributed by atoms with Crippen molar-refractivity contribution in [2.75, 3.05) is 12.4 Å². The number of anilines is 1. The molecule has 0 aliphatic heterocycles. The smallest absolute Gasteiger partial charge is 0.319 e. The van der Waals surface area contributed by atoms with Crippen LogP contribution in [0.25, 0.3) is 0 Å². The summed E-state index contributed by atoms with van der Waals surface area (Å²) in [6, 6.07) is 5.11. The molecule has 0 aliphatic rings. The molecule has 0 spiro atoms. The molecule has 1 aromatic carbocycles. The first-order valence-corrected chi connectivity index (χ1v) is 6.88. The van der Waals surface area contributed by atoms with E-state index in [0.717, 1.165) is 18.4 Å². The monoisotopic (exact) mass is 277 g/mol. The Labute approximate surface area is 120 Å². The molecule has 0 saturated heterocycles. The SMILES string of the molecule is CCCC(C)NC(=O)Nc1cc(C(=O)NC)ccc1C. The second-order valence-corrected chi connectivity index (χ2v) is 4.90. The number of carbonyl (C=O) groups excluding carboxylic acids is 2. The molecule has 5 heteroatoms. The molecule has 3 N–H and O–H groups in total. The molecular weight excluding hydrogens is 254 g/mol. The average molecular weight is 277 g/mol. The summed E-state index contributed by atoms with van der Waals surface area (Å²) in [5, 5.41) is 8.22. The summed E-state index contributed by atoms with van der Waals surface area (Å²) in [4.78, 5) is 23.5. The first kappa shape index (κ1) is 16.0. The van der Waals surface area contributed by atoms with E-state index in [4.69, 9.17) is 0 Å². The second-order valence-electron chi connectivity index (χ2n) is 4.90. The topological polar surface area (TPSA) is 70.2 Å². The van der Waals surface area contributed by atoms with Gasteiger partial charge in [-0.25, -0.2) is 4.79 Å². The first-order chi connectivity index (χ1) is 9.47. The van der Waals surface area contributed by atoms with Crippen LogP contribution < -0.4 is 16.0 Å². The van der Waals surface area contributed by atoms with Gasteiger partial charge in [0, 0.05) is 24.3 Å². The van der Waals surface area contributed by atoms with E-state index in [2.05, 4.69) is 22.9 Å². The minimum atomic E-state index is -0.247. The third kappa shape index (κ3) is 4.57. The minimum absolute atomic E-state index is 0.127. The predicted molar refractivity (Wildman–Crippen MR) is 81.1 cm³/mol. The van der Waals surface area contributed by atoms with Crippen LogP contribution in [0.1, 0.15) is 42.6 Å². The number of nitrogens with one attached hydrogen (secondary N) is 3. The van der Waals surface area contributed by atoms with Gasteiger partial charge in [0.05, 0.1) is 0 Å². The standard InChI is InChI=1S/C15H23N3O2/c1-5-6-11(3)17-15(20)18-13-9-12(14(19)16-4)8-7-10(13)2/h7-9,11H,5-6H2,1-4H3,(H,16,19)(H2,17,18,20). The molecule has 20 heavy (non-hydrogen) atoms. The lowest BCUT2D eigenvalue weighted by Crippen LogP contribution is -2.36. The van der Waals surface area contributed by atoms with Crippen molar-refractivity contribution >= 4 is 17.6 Å². The molecule has 3 amide bonds. The lowest BCUT2D eigenvalue weighted by atomic mass is 10.1. The van der Waals surface area contributed by atoms with Crippen LogP contribution in [0.4, 0.5) is 10.5 Å². The fourth-order valence-corrected chi connectivity index (χ4v) is 1.93. The first-order valence-electron chi connectivity index (χ1n) is 6.88. The summed E-state index contributed by atoms with van der Waals surface area (Å²) < 4.78 is 0. The fraction of sp³-hybridized carbons (Fsp3) is 0.467. The van der Waals surface area contributed by atoms with Crippen molar-refractivity contribution in [3.05, 3.63) is 29.3 Å². The van der Waals surface area contributed by atoms with Gasteiger partial charge in [-0.15, -0.1) is 0 Å². The predicted octanol–water partition coefficient (Wildman–Crippen LogP) is 2.66. The maximum absolute atomic E-state index is 11.9. The Morgan fingerprint density at radius 1 is 1.30 bits per heavy atom. The van der Waals surface area contributed by atoms with Crippen LogP contribution in [0, 0.1) is 6.92 Å². The number of urea groups is 1. The molecule has 5 nitrogen and oxygen atoms in total. The van der Waals surface area contributed by atoms with Gasteiger partial charge in [0.25, 0.3) is 5.91 Å². The highest BCUT2D eigenvalue weighted by Crippen LogP contribution is 2.17. The second kappa shape index (κ2) is 7.53. The highest BCUT2D eigenvalue weighted by Gasteiger charge is 2.10. The van der Waals surface area contributed by atoms with Gasteiger partial charge in [-0.1, -0.05) is 19.4 Å². The number of hydrogen-bond acceptors (Lipinski definition) is 2. The molecule has 0 saturated carbocycles. The van der Waals surface area contributed by atoms with Gasteiger partial charge in [0.15, 0.2) is 0 Å². The lowest BCUT2D eigenvalue weighted by molar-refractivity contribution is 0.0963. The van der Waals surface area contributed by atoms with Crippen LogP contribution in [0.2, 0.25) is 0 Å². The average Bonchev–Trinajstić information content (AvgIpc) is 2.40. The summed E-state index contributed by atoms with van der Waals surface area (Å²) in [7, 11) is 1.58. The number of aryl methyl sites for hydroxylation is 1. The minimum Gasteiger partial charge on any atom is -0.355 e. The zero-order valence-corrected chi connectivity index (χ0v) is 12.5. The van der Waals surface area contributed by atoms with E-state index in [1.165, 1.54) is 0 Å². The van der Waals surface area contributed by atoms with E-state index < -0.39 is 0 Å². The molecule has 0 aliphatic carbocycles. The molecule has 0 fully saturated rings. The normalized spacial score (nSPS) is 11.6. The third-order valence-electron chi connectivity index (χ3n) is 3.07. The Morgan fingerprint density at radius 3 is 2.60 bits per heavy atom. The van der Waals surface area contributed by atoms with Gasteiger partial charge in [-0.2, -0.15) is 0 Å². The van der Waals surface area contributed by atoms with E-state index in [9.17, 15) is 9.59 Å². The van der Waals surface area contributed by atoms with Crippen LogP contribution in [0.15, 0.2) is 18.2 Å². The van der Waals surface area contributed by atoms with E-state index in [0.29, 0.717) is 11.3 Å². The highest BCUT2D eigenvalue weighted by atomic mass is 16.2. The lowest BCUT2D eigenvalue weighted by Gasteiger charge is -2.15. The number of carbonyl (C=O) groups is 2. The summed E-state index contributed by atoms with van der Waals surface area (Å²) in [5.41, 5.74) is 2.08. The highest BCUT2D eigenvalue weighted by molar-refractivity contribution is 5.97. The van der Waals surface area contributed by atoms with Crippen molar-refractivity contribution in [2.24, 2.45) is 0 Å². The van der Waals surface area contributed by atoms with Gasteiger partial charge < -0.3 is 16.0 Å². The maximum atomic E-state index is 11.9. The molecule has 0 radical (unpaired) electrons. The zero-order valence-electron chi connectivity index (χ0n) is 12.5. The molecule has 1 atom stereocenters. The van der Waals surface area contributed by atoms with E-state index in [1.807, 2.05) is 19.9 Å². The van der Waals surface area contributed by atoms with E-state index in [-0.39, 0.29) is 18.0 Å².